The summed E-state index contributed by atoms with van der Waals surface area (Å²) in [6.07, 6.45) is 6.65. The molecule has 0 aromatic carbocycles. The Morgan fingerprint density at radius 3 is 2.33 bits per heavy atom. The standard InChI is InChI=1S/C7H15O.Ti/c1-2-3-4-5-6-7-8;/h2-7H2,1H3;/q-1;+1. The molecule has 0 atom stereocenters. The van der Waals surface area contributed by atoms with Gasteiger partial charge in [0.1, 0.15) is 0 Å². The fourth-order valence-electron chi connectivity index (χ4n) is 0.778. The van der Waals surface area contributed by atoms with Crippen LogP contribution in [-0.4, -0.2) is 6.61 Å². The van der Waals surface area contributed by atoms with Crippen LogP contribution in [-0.2, 0) is 24.1 Å². The van der Waals surface area contributed by atoms with E-state index in [0.717, 1.165) is 6.61 Å². The molecule has 0 saturated carbocycles. The summed E-state index contributed by atoms with van der Waals surface area (Å²) in [4.78, 5) is 0. The van der Waals surface area contributed by atoms with Gasteiger partial charge in [-0.05, 0) is 0 Å². The third kappa shape index (κ3) is 8.67. The third-order valence-corrected chi connectivity index (χ3v) is 1.67. The molecular weight excluding hydrogens is 148 g/mol. The van der Waals surface area contributed by atoms with Crippen LogP contribution in [0.3, 0.4) is 0 Å². The minimum absolute atomic E-state index is 0.934. The molecule has 53 valence electrons. The van der Waals surface area contributed by atoms with Crippen LogP contribution in [0.15, 0.2) is 0 Å². The second-order valence-electron chi connectivity index (χ2n) is 2.26. The van der Waals surface area contributed by atoms with E-state index < -0.39 is 0 Å². The first kappa shape index (κ1) is 9.67. The Hall–Kier alpha value is 0.674. The summed E-state index contributed by atoms with van der Waals surface area (Å²) >= 11 is 1.76. The predicted molar refractivity (Wildman–Crippen MR) is 34.7 cm³/mol. The first-order valence-corrected chi connectivity index (χ1v) is 4.34. The van der Waals surface area contributed by atoms with E-state index in [1.54, 1.807) is 20.8 Å². The molecule has 0 aliphatic carbocycles. The molecule has 0 N–H and O–H groups in total. The van der Waals surface area contributed by atoms with Crippen molar-refractivity contribution in [2.75, 3.05) is 6.61 Å². The van der Waals surface area contributed by atoms with Gasteiger partial charge in [-0.1, -0.05) is 0 Å². The van der Waals surface area contributed by atoms with Gasteiger partial charge < -0.3 is 0 Å². The van der Waals surface area contributed by atoms with Gasteiger partial charge in [-0.3, -0.25) is 0 Å². The topological polar surface area (TPSA) is 9.23 Å². The molecule has 0 fully saturated rings. The Morgan fingerprint density at radius 1 is 1.11 bits per heavy atom. The van der Waals surface area contributed by atoms with Gasteiger partial charge in [0.05, 0.1) is 0 Å². The number of hydrogen-bond acceptors (Lipinski definition) is 1. The SMILES string of the molecule is CCCCCCC[O][Ti]. The number of unbranched alkanes of at least 4 members (excludes halogenated alkanes) is 4. The molecule has 2 heteroatoms. The summed E-state index contributed by atoms with van der Waals surface area (Å²) in [5.41, 5.74) is 0. The van der Waals surface area contributed by atoms with Crippen LogP contribution >= 0.6 is 0 Å². The van der Waals surface area contributed by atoms with Crippen molar-refractivity contribution in [3.05, 3.63) is 0 Å². The summed E-state index contributed by atoms with van der Waals surface area (Å²) in [5.74, 6) is 0. The van der Waals surface area contributed by atoms with Crippen molar-refractivity contribution in [2.24, 2.45) is 0 Å². The Kier molecular flexibility index (Phi) is 9.32. The van der Waals surface area contributed by atoms with E-state index in [9.17, 15) is 0 Å². The van der Waals surface area contributed by atoms with E-state index in [0.29, 0.717) is 0 Å². The van der Waals surface area contributed by atoms with Gasteiger partial charge in [-0.15, -0.1) is 0 Å². The van der Waals surface area contributed by atoms with Crippen LogP contribution < -0.4 is 0 Å². The molecule has 0 aromatic rings. The predicted octanol–water partition coefficient (Wildman–Crippen LogP) is 2.44. The van der Waals surface area contributed by atoms with Gasteiger partial charge >= 0.3 is 69.8 Å². The molecule has 0 bridgehead atoms. The van der Waals surface area contributed by atoms with Crippen LogP contribution in [0.2, 0.25) is 0 Å². The zero-order valence-corrected chi connectivity index (χ0v) is 7.71. The summed E-state index contributed by atoms with van der Waals surface area (Å²) < 4.78 is 4.92. The molecule has 0 aromatic heterocycles. The number of hydrogen-bond donors (Lipinski definition) is 0. The van der Waals surface area contributed by atoms with Crippen LogP contribution in [0.1, 0.15) is 39.0 Å². The van der Waals surface area contributed by atoms with Gasteiger partial charge in [0, 0.05) is 0 Å². The van der Waals surface area contributed by atoms with Crippen LogP contribution in [0, 0.1) is 0 Å². The molecule has 0 aliphatic heterocycles. The van der Waals surface area contributed by atoms with Crippen molar-refractivity contribution in [1.82, 2.24) is 0 Å². The quantitative estimate of drug-likeness (QED) is 0.431. The van der Waals surface area contributed by atoms with Crippen molar-refractivity contribution >= 4 is 0 Å². The van der Waals surface area contributed by atoms with Crippen LogP contribution in [0.5, 0.6) is 0 Å². The van der Waals surface area contributed by atoms with Crippen molar-refractivity contribution in [2.45, 2.75) is 39.0 Å². The summed E-state index contributed by atoms with van der Waals surface area (Å²) in [6, 6.07) is 0. The van der Waals surface area contributed by atoms with Crippen molar-refractivity contribution < 1.29 is 24.1 Å². The van der Waals surface area contributed by atoms with Crippen LogP contribution in [0.25, 0.3) is 0 Å². The zero-order chi connectivity index (χ0) is 6.95. The van der Waals surface area contributed by atoms with E-state index >= 15 is 0 Å². The normalized spacial score (nSPS) is 9.78. The first-order valence-electron chi connectivity index (χ1n) is 3.70. The van der Waals surface area contributed by atoms with E-state index in [4.69, 9.17) is 3.32 Å². The Labute approximate surface area is 70.0 Å². The van der Waals surface area contributed by atoms with Gasteiger partial charge in [0.2, 0.25) is 0 Å². The monoisotopic (exact) mass is 163 g/mol. The van der Waals surface area contributed by atoms with Gasteiger partial charge in [-0.2, -0.15) is 0 Å². The Bertz CT molecular complexity index is 42.2. The molecule has 0 radical (unpaired) electrons. The first-order chi connectivity index (χ1) is 4.41. The molecule has 0 unspecified atom stereocenters. The molecule has 1 nitrogen and oxygen atoms in total. The van der Waals surface area contributed by atoms with Gasteiger partial charge in [0.25, 0.3) is 0 Å². The second-order valence-corrected chi connectivity index (χ2v) is 2.71. The van der Waals surface area contributed by atoms with Crippen molar-refractivity contribution in [3.63, 3.8) is 0 Å². The fraction of sp³-hybridized carbons (Fsp3) is 1.00. The average Bonchev–Trinajstić information content (AvgIpc) is 1.89. The molecule has 0 heterocycles. The fourth-order valence-corrected chi connectivity index (χ4v) is 1.00. The van der Waals surface area contributed by atoms with E-state index in [1.165, 1.54) is 32.1 Å². The molecule has 0 aliphatic rings. The summed E-state index contributed by atoms with van der Waals surface area (Å²) in [7, 11) is 0. The Morgan fingerprint density at radius 2 is 1.78 bits per heavy atom. The molecule has 0 rings (SSSR count). The number of rotatable bonds is 6. The van der Waals surface area contributed by atoms with E-state index in [2.05, 4.69) is 6.92 Å². The zero-order valence-electron chi connectivity index (χ0n) is 6.15. The molecule has 0 amide bonds. The summed E-state index contributed by atoms with van der Waals surface area (Å²) in [5, 5.41) is 0. The van der Waals surface area contributed by atoms with Crippen molar-refractivity contribution in [1.29, 1.82) is 0 Å². The van der Waals surface area contributed by atoms with Crippen LogP contribution in [0.4, 0.5) is 0 Å². The third-order valence-electron chi connectivity index (χ3n) is 1.35. The molecular formula is C7H15OTi. The Balaban J connectivity index is 2.60. The average molecular weight is 163 g/mol. The van der Waals surface area contributed by atoms with Gasteiger partial charge in [0.15, 0.2) is 0 Å². The maximum absolute atomic E-state index is 4.92. The second kappa shape index (κ2) is 8.67. The summed E-state index contributed by atoms with van der Waals surface area (Å²) in [6.45, 7) is 3.17. The van der Waals surface area contributed by atoms with E-state index in [-0.39, 0.29) is 0 Å². The molecule has 9 heavy (non-hydrogen) atoms. The maximum atomic E-state index is 4.92. The molecule has 0 spiro atoms. The van der Waals surface area contributed by atoms with Crippen molar-refractivity contribution in [3.8, 4) is 0 Å². The molecule has 0 saturated heterocycles. The van der Waals surface area contributed by atoms with Gasteiger partial charge in [-0.25, -0.2) is 0 Å². The minimum atomic E-state index is 0.934. The van der Waals surface area contributed by atoms with E-state index in [1.807, 2.05) is 0 Å².